The van der Waals surface area contributed by atoms with Crippen molar-refractivity contribution in [2.75, 3.05) is 22.9 Å². The number of hydrogen-bond acceptors (Lipinski definition) is 4. The van der Waals surface area contributed by atoms with Crippen molar-refractivity contribution in [2.24, 2.45) is 0 Å². The lowest BCUT2D eigenvalue weighted by molar-refractivity contribution is 0.415. The summed E-state index contributed by atoms with van der Waals surface area (Å²) in [5, 5.41) is 3.23. The largest absolute Gasteiger partial charge is 0.497 e. The highest BCUT2D eigenvalue weighted by Crippen LogP contribution is 2.21. The fourth-order valence-electron chi connectivity index (χ4n) is 1.71. The number of hydrogen-bond donors (Lipinski definition) is 2. The van der Waals surface area contributed by atoms with Crippen LogP contribution in [0.3, 0.4) is 0 Å². The zero-order chi connectivity index (χ0) is 15.3. The van der Waals surface area contributed by atoms with Crippen LogP contribution in [0.25, 0.3) is 0 Å². The molecule has 0 aliphatic carbocycles. The van der Waals surface area contributed by atoms with Gasteiger partial charge in [-0.25, -0.2) is 8.42 Å². The summed E-state index contributed by atoms with van der Waals surface area (Å²) in [6, 6.07) is 14.6. The van der Waals surface area contributed by atoms with Crippen molar-refractivity contribution in [3.8, 4) is 5.75 Å². The van der Waals surface area contributed by atoms with E-state index in [2.05, 4.69) is 10.0 Å². The highest BCUT2D eigenvalue weighted by molar-refractivity contribution is 7.92. The lowest BCUT2D eigenvalue weighted by atomic mass is 10.2. The van der Waals surface area contributed by atoms with E-state index >= 15 is 0 Å². The average molecular weight is 306 g/mol. The van der Waals surface area contributed by atoms with E-state index in [0.717, 1.165) is 17.1 Å². The molecule has 6 heteroatoms. The average Bonchev–Trinajstić information content (AvgIpc) is 2.50. The van der Waals surface area contributed by atoms with Gasteiger partial charge in [0.15, 0.2) is 0 Å². The molecule has 2 rings (SSSR count). The molecule has 0 heterocycles. The van der Waals surface area contributed by atoms with Gasteiger partial charge < -0.3 is 10.1 Å². The Hall–Kier alpha value is -2.21. The molecule has 112 valence electrons. The molecule has 0 aliphatic rings. The van der Waals surface area contributed by atoms with Gasteiger partial charge in [-0.1, -0.05) is 0 Å². The third-order valence-corrected chi connectivity index (χ3v) is 4.22. The van der Waals surface area contributed by atoms with E-state index in [0.29, 0.717) is 5.69 Å². The highest BCUT2D eigenvalue weighted by atomic mass is 32.2. The van der Waals surface area contributed by atoms with Gasteiger partial charge in [0.1, 0.15) is 5.75 Å². The van der Waals surface area contributed by atoms with Gasteiger partial charge in [-0.05, 0) is 55.5 Å². The Kier molecular flexibility index (Phi) is 4.70. The van der Waals surface area contributed by atoms with Crippen LogP contribution in [0.15, 0.2) is 48.5 Å². The molecule has 0 amide bonds. The van der Waals surface area contributed by atoms with Crippen molar-refractivity contribution in [1.82, 2.24) is 0 Å². The van der Waals surface area contributed by atoms with Crippen LogP contribution >= 0.6 is 0 Å². The minimum Gasteiger partial charge on any atom is -0.497 e. The molecular formula is C15H18N2O3S. The van der Waals surface area contributed by atoms with Gasteiger partial charge in [0, 0.05) is 17.1 Å². The van der Waals surface area contributed by atoms with Crippen molar-refractivity contribution < 1.29 is 13.2 Å². The van der Waals surface area contributed by atoms with E-state index in [9.17, 15) is 8.42 Å². The van der Waals surface area contributed by atoms with Crippen LogP contribution in [0.5, 0.6) is 5.75 Å². The second kappa shape index (κ2) is 6.49. The molecule has 2 aromatic rings. The zero-order valence-electron chi connectivity index (χ0n) is 12.0. The van der Waals surface area contributed by atoms with E-state index in [-0.39, 0.29) is 5.75 Å². The standard InChI is InChI=1S/C15H18N2O3S/c1-3-21(18,19)17-14-6-4-12(5-7-14)16-13-8-10-15(20-2)11-9-13/h4-11,16-17H,3H2,1-2H3. The van der Waals surface area contributed by atoms with Gasteiger partial charge in [0.2, 0.25) is 10.0 Å². The zero-order valence-corrected chi connectivity index (χ0v) is 12.8. The Morgan fingerprint density at radius 1 is 0.905 bits per heavy atom. The molecule has 0 saturated heterocycles. The number of anilines is 3. The quantitative estimate of drug-likeness (QED) is 0.860. The molecule has 5 nitrogen and oxygen atoms in total. The van der Waals surface area contributed by atoms with E-state index < -0.39 is 10.0 Å². The van der Waals surface area contributed by atoms with Gasteiger partial charge in [0.05, 0.1) is 12.9 Å². The second-order valence-electron chi connectivity index (χ2n) is 4.44. The van der Waals surface area contributed by atoms with Gasteiger partial charge in [-0.3, -0.25) is 4.72 Å². The number of methoxy groups -OCH3 is 1. The van der Waals surface area contributed by atoms with Crippen LogP contribution in [-0.2, 0) is 10.0 Å². The summed E-state index contributed by atoms with van der Waals surface area (Å²) in [4.78, 5) is 0. The Balaban J connectivity index is 2.05. The van der Waals surface area contributed by atoms with Crippen LogP contribution in [0.4, 0.5) is 17.1 Å². The monoisotopic (exact) mass is 306 g/mol. The molecular weight excluding hydrogens is 288 g/mol. The molecule has 0 saturated carbocycles. The van der Waals surface area contributed by atoms with Crippen LogP contribution in [-0.4, -0.2) is 21.3 Å². The molecule has 0 unspecified atom stereocenters. The maximum atomic E-state index is 11.5. The van der Waals surface area contributed by atoms with Crippen LogP contribution in [0.1, 0.15) is 6.92 Å². The van der Waals surface area contributed by atoms with Crippen LogP contribution in [0.2, 0.25) is 0 Å². The minimum absolute atomic E-state index is 0.0544. The molecule has 0 aliphatic heterocycles. The summed E-state index contributed by atoms with van der Waals surface area (Å²) < 4.78 is 30.5. The summed E-state index contributed by atoms with van der Waals surface area (Å²) >= 11 is 0. The first-order valence-corrected chi connectivity index (χ1v) is 8.19. The molecule has 2 aromatic carbocycles. The third kappa shape index (κ3) is 4.39. The molecule has 0 bridgehead atoms. The maximum absolute atomic E-state index is 11.5. The van der Waals surface area contributed by atoms with E-state index in [1.54, 1.807) is 26.2 Å². The second-order valence-corrected chi connectivity index (χ2v) is 6.45. The van der Waals surface area contributed by atoms with Crippen molar-refractivity contribution in [3.63, 3.8) is 0 Å². The number of rotatable bonds is 6. The molecule has 2 N–H and O–H groups in total. The van der Waals surface area contributed by atoms with Crippen molar-refractivity contribution >= 4 is 27.1 Å². The molecule has 0 atom stereocenters. The number of nitrogens with one attached hydrogen (secondary N) is 2. The van der Waals surface area contributed by atoms with Gasteiger partial charge in [-0.15, -0.1) is 0 Å². The first kappa shape index (κ1) is 15.2. The molecule has 0 aromatic heterocycles. The summed E-state index contributed by atoms with van der Waals surface area (Å²) in [7, 11) is -1.61. The van der Waals surface area contributed by atoms with Gasteiger partial charge >= 0.3 is 0 Å². The van der Waals surface area contributed by atoms with Crippen LogP contribution < -0.4 is 14.8 Å². The minimum atomic E-state index is -3.24. The fraction of sp³-hybridized carbons (Fsp3) is 0.200. The van der Waals surface area contributed by atoms with Crippen LogP contribution in [0, 0.1) is 0 Å². The van der Waals surface area contributed by atoms with Crippen molar-refractivity contribution in [1.29, 1.82) is 0 Å². The Morgan fingerprint density at radius 2 is 1.38 bits per heavy atom. The first-order valence-electron chi connectivity index (χ1n) is 6.54. The fourth-order valence-corrected chi connectivity index (χ4v) is 2.35. The van der Waals surface area contributed by atoms with Crippen molar-refractivity contribution in [2.45, 2.75) is 6.92 Å². The number of benzene rings is 2. The highest BCUT2D eigenvalue weighted by Gasteiger charge is 2.06. The first-order chi connectivity index (χ1) is 10.0. The summed E-state index contributed by atoms with van der Waals surface area (Å²) in [5.41, 5.74) is 2.36. The maximum Gasteiger partial charge on any atom is 0.232 e. The van der Waals surface area contributed by atoms with Gasteiger partial charge in [0.25, 0.3) is 0 Å². The Bertz CT molecular complexity index is 680. The van der Waals surface area contributed by atoms with E-state index in [1.807, 2.05) is 36.4 Å². The molecule has 0 spiro atoms. The molecule has 0 radical (unpaired) electrons. The summed E-state index contributed by atoms with van der Waals surface area (Å²) in [5.74, 6) is 0.851. The SMILES string of the molecule is CCS(=O)(=O)Nc1ccc(Nc2ccc(OC)cc2)cc1. The van der Waals surface area contributed by atoms with E-state index in [1.165, 1.54) is 0 Å². The smallest absolute Gasteiger partial charge is 0.232 e. The normalized spacial score (nSPS) is 11.0. The number of sulfonamides is 1. The lowest BCUT2D eigenvalue weighted by Gasteiger charge is -2.09. The topological polar surface area (TPSA) is 67.4 Å². The summed E-state index contributed by atoms with van der Waals surface area (Å²) in [6.45, 7) is 1.60. The number of ether oxygens (including phenoxy) is 1. The third-order valence-electron chi connectivity index (χ3n) is 2.92. The Morgan fingerprint density at radius 3 is 1.86 bits per heavy atom. The van der Waals surface area contributed by atoms with Crippen molar-refractivity contribution in [3.05, 3.63) is 48.5 Å². The predicted octanol–water partition coefficient (Wildman–Crippen LogP) is 3.20. The predicted molar refractivity (Wildman–Crippen MR) is 85.8 cm³/mol. The van der Waals surface area contributed by atoms with Gasteiger partial charge in [-0.2, -0.15) is 0 Å². The Labute approximate surface area is 125 Å². The molecule has 21 heavy (non-hydrogen) atoms. The van der Waals surface area contributed by atoms with E-state index in [4.69, 9.17) is 4.74 Å². The molecule has 0 fully saturated rings. The summed E-state index contributed by atoms with van der Waals surface area (Å²) in [6.07, 6.45) is 0. The lowest BCUT2D eigenvalue weighted by Crippen LogP contribution is -2.14.